The number of nitrogens with zero attached hydrogens (tertiary/aromatic N) is 1. The van der Waals surface area contributed by atoms with Gasteiger partial charge in [-0.2, -0.15) is 0 Å². The number of halogens is 1. The van der Waals surface area contributed by atoms with Gasteiger partial charge in [0.05, 0.1) is 24.3 Å². The van der Waals surface area contributed by atoms with Crippen LogP contribution in [0.1, 0.15) is 50.4 Å². The molecule has 1 aromatic carbocycles. The molecule has 1 saturated heterocycles. The Morgan fingerprint density at radius 1 is 1.23 bits per heavy atom. The zero-order valence-electron chi connectivity index (χ0n) is 15.7. The minimum absolute atomic E-state index is 0.157. The van der Waals surface area contributed by atoms with Crippen LogP contribution >= 0.6 is 11.6 Å². The number of piperidine rings is 1. The lowest BCUT2D eigenvalue weighted by Crippen LogP contribution is -2.49. The first-order valence-electron chi connectivity index (χ1n) is 8.87. The molecule has 0 bridgehead atoms. The zero-order chi connectivity index (χ0) is 19.3. The molecule has 26 heavy (non-hydrogen) atoms. The van der Waals surface area contributed by atoms with Crippen molar-refractivity contribution in [3.8, 4) is 11.5 Å². The number of carbonyl (C=O) groups is 2. The normalized spacial score (nSPS) is 19.8. The van der Waals surface area contributed by atoms with E-state index in [1.807, 2.05) is 25.7 Å². The van der Waals surface area contributed by atoms with E-state index in [-0.39, 0.29) is 35.2 Å². The zero-order valence-corrected chi connectivity index (χ0v) is 16.5. The Morgan fingerprint density at radius 2 is 1.88 bits per heavy atom. The van der Waals surface area contributed by atoms with Gasteiger partial charge < -0.3 is 19.1 Å². The Bertz CT molecular complexity index is 654. The molecule has 144 valence electrons. The molecule has 7 heteroatoms. The van der Waals surface area contributed by atoms with Crippen LogP contribution in [0.3, 0.4) is 0 Å². The lowest BCUT2D eigenvalue weighted by molar-refractivity contribution is -0.140. The maximum absolute atomic E-state index is 12.5. The maximum Gasteiger partial charge on any atom is 0.338 e. The number of hydrogen-bond acceptors (Lipinski definition) is 5. The average Bonchev–Trinajstić information content (AvgIpc) is 2.61. The molecule has 1 aliphatic heterocycles. The molecule has 0 aliphatic carbocycles. The van der Waals surface area contributed by atoms with Gasteiger partial charge in [-0.1, -0.05) is 11.6 Å². The minimum atomic E-state index is -0.626. The highest BCUT2D eigenvalue weighted by Crippen LogP contribution is 2.36. The van der Waals surface area contributed by atoms with Gasteiger partial charge in [-0.05, 0) is 52.2 Å². The second-order valence-electron chi connectivity index (χ2n) is 6.43. The number of rotatable bonds is 6. The number of esters is 1. The van der Waals surface area contributed by atoms with Crippen molar-refractivity contribution < 1.29 is 23.8 Å². The SMILES string of the molecule is CCOc1c(Cl)cc(C(=O)OCC(=O)N2[C@H](C)CCC[C@@H]2C)cc1OC. The molecule has 1 heterocycles. The fourth-order valence-electron chi connectivity index (χ4n) is 3.32. The summed E-state index contributed by atoms with van der Waals surface area (Å²) in [7, 11) is 1.46. The van der Waals surface area contributed by atoms with Gasteiger partial charge >= 0.3 is 5.97 Å². The van der Waals surface area contributed by atoms with Gasteiger partial charge in [-0.25, -0.2) is 4.79 Å². The highest BCUT2D eigenvalue weighted by atomic mass is 35.5. The summed E-state index contributed by atoms with van der Waals surface area (Å²) in [5, 5.41) is 0.253. The van der Waals surface area contributed by atoms with Crippen molar-refractivity contribution in [2.24, 2.45) is 0 Å². The van der Waals surface area contributed by atoms with E-state index in [9.17, 15) is 9.59 Å². The quantitative estimate of drug-likeness (QED) is 0.701. The average molecular weight is 384 g/mol. The fourth-order valence-corrected chi connectivity index (χ4v) is 3.59. The Labute approximate surface area is 159 Å². The number of carbonyl (C=O) groups excluding carboxylic acids is 2. The predicted molar refractivity (Wildman–Crippen MR) is 99.1 cm³/mol. The van der Waals surface area contributed by atoms with Gasteiger partial charge in [0.1, 0.15) is 0 Å². The standard InChI is InChI=1S/C19H26ClNO5/c1-5-25-18-15(20)9-14(10-16(18)24-4)19(23)26-11-17(22)21-12(2)7-6-8-13(21)3/h9-10,12-13H,5-8,11H2,1-4H3/t12-,13+. The predicted octanol–water partition coefficient (Wildman–Crippen LogP) is 3.69. The van der Waals surface area contributed by atoms with Crippen molar-refractivity contribution in [3.63, 3.8) is 0 Å². The van der Waals surface area contributed by atoms with Gasteiger partial charge in [0.2, 0.25) is 0 Å². The number of benzene rings is 1. The van der Waals surface area contributed by atoms with Gasteiger partial charge in [-0.15, -0.1) is 0 Å². The lowest BCUT2D eigenvalue weighted by atomic mass is 9.97. The molecule has 0 N–H and O–H groups in total. The molecule has 1 aliphatic rings. The van der Waals surface area contributed by atoms with Gasteiger partial charge in [0.25, 0.3) is 5.91 Å². The van der Waals surface area contributed by atoms with Crippen LogP contribution in [0.5, 0.6) is 11.5 Å². The van der Waals surface area contributed by atoms with Crippen LogP contribution in [0, 0.1) is 0 Å². The molecule has 0 radical (unpaired) electrons. The first kappa shape index (κ1) is 20.4. The van der Waals surface area contributed by atoms with Crippen LogP contribution in [0.15, 0.2) is 12.1 Å². The fraction of sp³-hybridized carbons (Fsp3) is 0.579. The monoisotopic (exact) mass is 383 g/mol. The lowest BCUT2D eigenvalue weighted by Gasteiger charge is -2.38. The smallest absolute Gasteiger partial charge is 0.338 e. The summed E-state index contributed by atoms with van der Waals surface area (Å²) in [5.74, 6) is -0.0860. The highest BCUT2D eigenvalue weighted by molar-refractivity contribution is 6.32. The second-order valence-corrected chi connectivity index (χ2v) is 6.84. The number of ether oxygens (including phenoxy) is 3. The number of amides is 1. The minimum Gasteiger partial charge on any atom is -0.493 e. The molecular weight excluding hydrogens is 358 g/mol. The van der Waals surface area contributed by atoms with E-state index in [1.54, 1.807) is 0 Å². The van der Waals surface area contributed by atoms with Crippen molar-refractivity contribution in [2.45, 2.75) is 52.1 Å². The molecule has 0 unspecified atom stereocenters. The van der Waals surface area contributed by atoms with Crippen molar-refractivity contribution >= 4 is 23.5 Å². The number of methoxy groups -OCH3 is 1. The van der Waals surface area contributed by atoms with Crippen LogP contribution in [-0.4, -0.2) is 49.2 Å². The van der Waals surface area contributed by atoms with Gasteiger partial charge in [0.15, 0.2) is 18.1 Å². The number of hydrogen-bond donors (Lipinski definition) is 0. The third kappa shape index (κ3) is 4.61. The summed E-state index contributed by atoms with van der Waals surface area (Å²) >= 11 is 6.17. The van der Waals surface area contributed by atoms with E-state index < -0.39 is 5.97 Å². The molecule has 0 aromatic heterocycles. The largest absolute Gasteiger partial charge is 0.493 e. The van der Waals surface area contributed by atoms with E-state index in [0.29, 0.717) is 18.1 Å². The van der Waals surface area contributed by atoms with Crippen LogP contribution in [-0.2, 0) is 9.53 Å². The van der Waals surface area contributed by atoms with Gasteiger partial charge in [0, 0.05) is 12.1 Å². The highest BCUT2D eigenvalue weighted by Gasteiger charge is 2.29. The second kappa shape index (κ2) is 9.12. The summed E-state index contributed by atoms with van der Waals surface area (Å²) < 4.78 is 15.9. The van der Waals surface area contributed by atoms with Crippen molar-refractivity contribution in [1.82, 2.24) is 4.90 Å². The van der Waals surface area contributed by atoms with Crippen molar-refractivity contribution in [3.05, 3.63) is 22.7 Å². The van der Waals surface area contributed by atoms with Crippen molar-refractivity contribution in [2.75, 3.05) is 20.3 Å². The summed E-state index contributed by atoms with van der Waals surface area (Å²) in [5.41, 5.74) is 0.211. The number of likely N-dealkylation sites (tertiary alicyclic amines) is 1. The van der Waals surface area contributed by atoms with E-state index in [2.05, 4.69) is 0 Å². The van der Waals surface area contributed by atoms with Crippen LogP contribution in [0.4, 0.5) is 0 Å². The topological polar surface area (TPSA) is 65.1 Å². The summed E-state index contributed by atoms with van der Waals surface area (Å²) in [4.78, 5) is 26.6. The first-order chi connectivity index (χ1) is 12.4. The molecule has 1 fully saturated rings. The molecule has 1 aromatic rings. The Morgan fingerprint density at radius 3 is 2.46 bits per heavy atom. The van der Waals surface area contributed by atoms with E-state index in [1.165, 1.54) is 19.2 Å². The molecule has 2 atom stereocenters. The van der Waals surface area contributed by atoms with Gasteiger partial charge in [-0.3, -0.25) is 4.79 Å². The van der Waals surface area contributed by atoms with Crippen LogP contribution < -0.4 is 9.47 Å². The van der Waals surface area contributed by atoms with E-state index in [4.69, 9.17) is 25.8 Å². The van der Waals surface area contributed by atoms with Crippen LogP contribution in [0.25, 0.3) is 0 Å². The van der Waals surface area contributed by atoms with Crippen molar-refractivity contribution in [1.29, 1.82) is 0 Å². The summed E-state index contributed by atoms with van der Waals surface area (Å²) in [6.07, 6.45) is 3.04. The van der Waals surface area contributed by atoms with E-state index >= 15 is 0 Å². The molecule has 0 spiro atoms. The van der Waals surface area contributed by atoms with Crippen LogP contribution in [0.2, 0.25) is 5.02 Å². The molecule has 6 nitrogen and oxygen atoms in total. The van der Waals surface area contributed by atoms with E-state index in [0.717, 1.165) is 19.3 Å². The third-order valence-electron chi connectivity index (χ3n) is 4.56. The maximum atomic E-state index is 12.5. The summed E-state index contributed by atoms with van der Waals surface area (Å²) in [6.45, 7) is 5.99. The Balaban J connectivity index is 2.05. The Kier molecular flexibility index (Phi) is 7.14. The third-order valence-corrected chi connectivity index (χ3v) is 4.84. The summed E-state index contributed by atoms with van der Waals surface area (Å²) in [6, 6.07) is 3.26. The Hall–Kier alpha value is -1.95. The molecule has 0 saturated carbocycles. The molecular formula is C19H26ClNO5. The molecule has 2 rings (SSSR count). The first-order valence-corrected chi connectivity index (χ1v) is 9.25. The molecule has 1 amide bonds.